The molecule has 0 aromatic heterocycles. The lowest BCUT2D eigenvalue weighted by Gasteiger charge is -2.41. The molecule has 4 heteroatoms. The standard InChI is InChI=1S/C16H31NO2S/c1-5-17-14(11-20-15(2,3)4)13-6-8-19-16(10-13)7-9-18-12-16/h13-14,17H,5-12H2,1-4H3. The summed E-state index contributed by atoms with van der Waals surface area (Å²) in [7, 11) is 0. The van der Waals surface area contributed by atoms with E-state index in [1.165, 1.54) is 12.2 Å². The van der Waals surface area contributed by atoms with E-state index in [9.17, 15) is 0 Å². The van der Waals surface area contributed by atoms with E-state index in [4.69, 9.17) is 9.47 Å². The number of rotatable bonds is 5. The molecular weight excluding hydrogens is 270 g/mol. The lowest BCUT2D eigenvalue weighted by molar-refractivity contribution is -0.102. The summed E-state index contributed by atoms with van der Waals surface area (Å²) in [5, 5.41) is 3.71. The Labute approximate surface area is 128 Å². The molecule has 118 valence electrons. The lowest BCUT2D eigenvalue weighted by Crippen LogP contribution is -2.48. The molecule has 0 aliphatic carbocycles. The van der Waals surface area contributed by atoms with Crippen molar-refractivity contribution >= 4 is 11.8 Å². The van der Waals surface area contributed by atoms with Crippen molar-refractivity contribution in [3.05, 3.63) is 0 Å². The highest BCUT2D eigenvalue weighted by Gasteiger charge is 2.42. The zero-order valence-corrected chi connectivity index (χ0v) is 14.4. The molecule has 20 heavy (non-hydrogen) atoms. The summed E-state index contributed by atoms with van der Waals surface area (Å²) in [6.07, 6.45) is 3.42. The molecule has 0 aromatic rings. The van der Waals surface area contributed by atoms with E-state index in [2.05, 4.69) is 44.8 Å². The van der Waals surface area contributed by atoms with Crippen LogP contribution in [0, 0.1) is 5.92 Å². The summed E-state index contributed by atoms with van der Waals surface area (Å²) in [6, 6.07) is 0.602. The highest BCUT2D eigenvalue weighted by atomic mass is 32.2. The number of hydrogen-bond donors (Lipinski definition) is 1. The maximum atomic E-state index is 6.07. The average molecular weight is 301 g/mol. The van der Waals surface area contributed by atoms with Gasteiger partial charge in [-0.3, -0.25) is 0 Å². The van der Waals surface area contributed by atoms with Crippen molar-refractivity contribution in [2.45, 2.75) is 63.3 Å². The van der Waals surface area contributed by atoms with Gasteiger partial charge in [0.05, 0.1) is 12.2 Å². The summed E-state index contributed by atoms with van der Waals surface area (Å²) >= 11 is 2.07. The van der Waals surface area contributed by atoms with Crippen LogP contribution < -0.4 is 5.32 Å². The van der Waals surface area contributed by atoms with E-state index in [-0.39, 0.29) is 5.60 Å². The third-order valence-corrected chi connectivity index (χ3v) is 5.72. The van der Waals surface area contributed by atoms with E-state index in [0.717, 1.165) is 45.1 Å². The fraction of sp³-hybridized carbons (Fsp3) is 1.00. The largest absolute Gasteiger partial charge is 0.378 e. The topological polar surface area (TPSA) is 30.5 Å². The smallest absolute Gasteiger partial charge is 0.0939 e. The third kappa shape index (κ3) is 4.62. The highest BCUT2D eigenvalue weighted by molar-refractivity contribution is 8.00. The Morgan fingerprint density at radius 2 is 2.15 bits per heavy atom. The van der Waals surface area contributed by atoms with E-state index >= 15 is 0 Å². The molecule has 1 spiro atoms. The van der Waals surface area contributed by atoms with Gasteiger partial charge in [0.25, 0.3) is 0 Å². The van der Waals surface area contributed by atoms with Gasteiger partial charge in [-0.05, 0) is 25.3 Å². The third-order valence-electron chi connectivity index (χ3n) is 4.33. The molecular formula is C16H31NO2S. The van der Waals surface area contributed by atoms with E-state index in [1.54, 1.807) is 0 Å². The minimum atomic E-state index is 0.0307. The van der Waals surface area contributed by atoms with Crippen molar-refractivity contribution in [3.63, 3.8) is 0 Å². The van der Waals surface area contributed by atoms with Crippen LogP contribution in [0.4, 0.5) is 0 Å². The van der Waals surface area contributed by atoms with Gasteiger partial charge < -0.3 is 14.8 Å². The van der Waals surface area contributed by atoms with Gasteiger partial charge >= 0.3 is 0 Å². The van der Waals surface area contributed by atoms with Crippen molar-refractivity contribution in [2.75, 3.05) is 32.1 Å². The molecule has 0 amide bonds. The average Bonchev–Trinajstić information content (AvgIpc) is 2.81. The first-order valence-electron chi connectivity index (χ1n) is 8.03. The van der Waals surface area contributed by atoms with Crippen LogP contribution in [0.3, 0.4) is 0 Å². The Bertz CT molecular complexity index is 297. The van der Waals surface area contributed by atoms with Crippen molar-refractivity contribution in [3.8, 4) is 0 Å². The molecule has 0 saturated carbocycles. The van der Waals surface area contributed by atoms with E-state index < -0.39 is 0 Å². The van der Waals surface area contributed by atoms with Crippen LogP contribution in [0.5, 0.6) is 0 Å². The molecule has 2 aliphatic heterocycles. The van der Waals surface area contributed by atoms with Gasteiger partial charge in [0.15, 0.2) is 0 Å². The zero-order chi connectivity index (χ0) is 14.6. The maximum absolute atomic E-state index is 6.07. The Kier molecular flexibility index (Phi) is 5.80. The minimum absolute atomic E-state index is 0.0307. The first kappa shape index (κ1) is 16.6. The second-order valence-corrected chi connectivity index (χ2v) is 9.02. The number of thioether (sulfide) groups is 1. The van der Waals surface area contributed by atoms with Gasteiger partial charge in [-0.25, -0.2) is 0 Å². The Morgan fingerprint density at radius 3 is 2.75 bits per heavy atom. The molecule has 0 bridgehead atoms. The first-order valence-corrected chi connectivity index (χ1v) is 9.02. The molecule has 2 rings (SSSR count). The Balaban J connectivity index is 1.93. The lowest BCUT2D eigenvalue weighted by atomic mass is 9.81. The molecule has 3 nitrogen and oxygen atoms in total. The van der Waals surface area contributed by atoms with E-state index in [1.807, 2.05) is 0 Å². The van der Waals surface area contributed by atoms with Crippen LogP contribution in [0.2, 0.25) is 0 Å². The normalized spacial score (nSPS) is 32.7. The maximum Gasteiger partial charge on any atom is 0.0939 e. The fourth-order valence-electron chi connectivity index (χ4n) is 3.24. The predicted molar refractivity (Wildman–Crippen MR) is 86.5 cm³/mol. The second-order valence-electron chi connectivity index (χ2n) is 7.17. The van der Waals surface area contributed by atoms with Crippen molar-refractivity contribution in [2.24, 2.45) is 5.92 Å². The molecule has 2 heterocycles. The van der Waals surface area contributed by atoms with Gasteiger partial charge in [0, 0.05) is 36.2 Å². The first-order chi connectivity index (χ1) is 9.44. The molecule has 2 fully saturated rings. The van der Waals surface area contributed by atoms with E-state index in [0.29, 0.717) is 10.8 Å². The second kappa shape index (κ2) is 6.99. The molecule has 2 saturated heterocycles. The summed E-state index contributed by atoms with van der Waals surface area (Å²) in [5.74, 6) is 1.92. The van der Waals surface area contributed by atoms with Crippen LogP contribution in [0.25, 0.3) is 0 Å². The molecule has 1 N–H and O–H groups in total. The highest BCUT2D eigenvalue weighted by Crippen LogP contribution is 2.38. The number of ether oxygens (including phenoxy) is 2. The minimum Gasteiger partial charge on any atom is -0.378 e. The SMILES string of the molecule is CCNC(CSC(C)(C)C)C1CCOC2(CCOC2)C1. The zero-order valence-electron chi connectivity index (χ0n) is 13.5. The predicted octanol–water partition coefficient (Wildman–Crippen LogP) is 3.08. The van der Waals surface area contributed by atoms with Crippen LogP contribution in [0.15, 0.2) is 0 Å². The fourth-order valence-corrected chi connectivity index (χ4v) is 4.31. The van der Waals surface area contributed by atoms with Crippen LogP contribution >= 0.6 is 11.8 Å². The molecule has 0 aromatic carbocycles. The van der Waals surface area contributed by atoms with Gasteiger partial charge in [-0.2, -0.15) is 11.8 Å². The molecule has 2 aliphatic rings. The number of hydrogen-bond acceptors (Lipinski definition) is 4. The van der Waals surface area contributed by atoms with Crippen LogP contribution in [0.1, 0.15) is 47.0 Å². The van der Waals surface area contributed by atoms with Crippen molar-refractivity contribution in [1.29, 1.82) is 0 Å². The monoisotopic (exact) mass is 301 g/mol. The van der Waals surface area contributed by atoms with Gasteiger partial charge in [-0.15, -0.1) is 0 Å². The van der Waals surface area contributed by atoms with Crippen molar-refractivity contribution < 1.29 is 9.47 Å². The molecule has 3 atom stereocenters. The van der Waals surface area contributed by atoms with Gasteiger partial charge in [0.2, 0.25) is 0 Å². The van der Waals surface area contributed by atoms with Gasteiger partial charge in [-0.1, -0.05) is 27.7 Å². The number of nitrogens with one attached hydrogen (secondary N) is 1. The van der Waals surface area contributed by atoms with Gasteiger partial charge in [0.1, 0.15) is 0 Å². The quantitative estimate of drug-likeness (QED) is 0.845. The summed E-state index contributed by atoms with van der Waals surface area (Å²) in [6.45, 7) is 12.7. The van der Waals surface area contributed by atoms with Crippen molar-refractivity contribution in [1.82, 2.24) is 5.32 Å². The summed E-state index contributed by atoms with van der Waals surface area (Å²) < 4.78 is 12.0. The Morgan fingerprint density at radius 1 is 1.35 bits per heavy atom. The Hall–Kier alpha value is 0.230. The molecule has 0 radical (unpaired) electrons. The van der Waals surface area contributed by atoms with Crippen LogP contribution in [-0.4, -0.2) is 48.5 Å². The summed E-state index contributed by atoms with van der Waals surface area (Å²) in [4.78, 5) is 0. The summed E-state index contributed by atoms with van der Waals surface area (Å²) in [5.41, 5.74) is 0.0307. The molecule has 3 unspecified atom stereocenters. The van der Waals surface area contributed by atoms with Crippen LogP contribution in [-0.2, 0) is 9.47 Å².